The summed E-state index contributed by atoms with van der Waals surface area (Å²) in [6, 6.07) is 9.56. The van der Waals surface area contributed by atoms with Crippen molar-refractivity contribution in [2.45, 2.75) is 38.7 Å². The van der Waals surface area contributed by atoms with E-state index in [1.165, 1.54) is 23.5 Å². The number of hydrogen-bond donors (Lipinski definition) is 1. The molecular formula is C25H23Cl2NO5S. The first-order valence-corrected chi connectivity index (χ1v) is 12.6. The van der Waals surface area contributed by atoms with E-state index in [1.807, 2.05) is 0 Å². The van der Waals surface area contributed by atoms with Crippen LogP contribution in [0, 0.1) is 5.92 Å². The van der Waals surface area contributed by atoms with E-state index >= 15 is 0 Å². The fraction of sp³-hybridized carbons (Fsp3) is 0.320. The van der Waals surface area contributed by atoms with E-state index in [2.05, 4.69) is 0 Å². The van der Waals surface area contributed by atoms with Gasteiger partial charge in [-0.05, 0) is 72.0 Å². The van der Waals surface area contributed by atoms with Crippen LogP contribution in [0.5, 0.6) is 5.75 Å². The molecule has 2 aliphatic rings. The summed E-state index contributed by atoms with van der Waals surface area (Å²) in [7, 11) is 0. The fourth-order valence-electron chi connectivity index (χ4n) is 4.14. The molecule has 2 amide bonds. The Morgan fingerprint density at radius 3 is 2.35 bits per heavy atom. The normalized spacial score (nSPS) is 18.1. The highest BCUT2D eigenvalue weighted by Crippen LogP contribution is 2.38. The number of thioether (sulfide) groups is 1. The summed E-state index contributed by atoms with van der Waals surface area (Å²) in [5, 5.41) is 9.28. The maximum Gasteiger partial charge on any atom is 0.335 e. The Bertz CT molecular complexity index is 1120. The number of imide groups is 1. The van der Waals surface area contributed by atoms with Crippen LogP contribution < -0.4 is 4.74 Å². The average molecular weight is 520 g/mol. The molecule has 0 atom stereocenters. The SMILES string of the molecule is O=C(O)c1ccc(COc2c(Cl)cc(/C=C3/SC(=O)N(CC4CCCCC4)C3=O)cc2Cl)cc1. The van der Waals surface area contributed by atoms with E-state index in [-0.39, 0.29) is 39.1 Å². The number of carboxylic acid groups (broad SMARTS) is 1. The lowest BCUT2D eigenvalue weighted by molar-refractivity contribution is -0.123. The standard InChI is InChI=1S/C25H23Cl2NO5S/c26-19-10-17(11-20(27)22(19)33-14-16-6-8-18(9-7-16)24(30)31)12-21-23(29)28(25(32)34-21)13-15-4-2-1-3-5-15/h6-12,15H,1-5,13-14H2,(H,30,31)/b21-12+. The van der Waals surface area contributed by atoms with Crippen molar-refractivity contribution in [3.63, 3.8) is 0 Å². The number of nitrogens with zero attached hydrogens (tertiary/aromatic N) is 1. The molecule has 6 nitrogen and oxygen atoms in total. The van der Waals surface area contributed by atoms with Crippen molar-refractivity contribution >= 4 is 58.2 Å². The van der Waals surface area contributed by atoms with Gasteiger partial charge in [-0.15, -0.1) is 0 Å². The van der Waals surface area contributed by atoms with Crippen molar-refractivity contribution in [3.05, 3.63) is 68.0 Å². The van der Waals surface area contributed by atoms with E-state index in [9.17, 15) is 14.4 Å². The van der Waals surface area contributed by atoms with Gasteiger partial charge in [0.05, 0.1) is 20.5 Å². The van der Waals surface area contributed by atoms with Crippen LogP contribution in [-0.2, 0) is 11.4 Å². The van der Waals surface area contributed by atoms with Crippen LogP contribution >= 0.6 is 35.0 Å². The molecule has 4 rings (SSSR count). The lowest BCUT2D eigenvalue weighted by Gasteiger charge is -2.25. The molecule has 2 fully saturated rings. The first-order valence-electron chi connectivity index (χ1n) is 11.0. The first kappa shape index (κ1) is 24.6. The number of carboxylic acids is 1. The van der Waals surface area contributed by atoms with Crippen LogP contribution in [0.15, 0.2) is 41.3 Å². The van der Waals surface area contributed by atoms with Crippen molar-refractivity contribution in [2.24, 2.45) is 5.92 Å². The third kappa shape index (κ3) is 5.77. The highest BCUT2D eigenvalue weighted by Gasteiger charge is 2.36. The molecule has 2 aromatic carbocycles. The van der Waals surface area contributed by atoms with Gasteiger partial charge in [-0.3, -0.25) is 14.5 Å². The average Bonchev–Trinajstić information content (AvgIpc) is 3.07. The number of halogens is 2. The van der Waals surface area contributed by atoms with Crippen molar-refractivity contribution in [2.75, 3.05) is 6.54 Å². The molecule has 1 aliphatic heterocycles. The summed E-state index contributed by atoms with van der Waals surface area (Å²) in [5.41, 5.74) is 1.54. The fourth-order valence-corrected chi connectivity index (χ4v) is 5.60. The highest BCUT2D eigenvalue weighted by molar-refractivity contribution is 8.18. The summed E-state index contributed by atoms with van der Waals surface area (Å²) in [6.45, 7) is 0.627. The Kier molecular flexibility index (Phi) is 7.86. The number of amides is 2. The number of ether oxygens (including phenoxy) is 1. The summed E-state index contributed by atoms with van der Waals surface area (Å²) in [6.07, 6.45) is 7.24. The van der Waals surface area contributed by atoms with Crippen molar-refractivity contribution in [1.82, 2.24) is 4.90 Å². The van der Waals surface area contributed by atoms with E-state index in [0.717, 1.165) is 43.0 Å². The molecule has 0 radical (unpaired) electrons. The lowest BCUT2D eigenvalue weighted by atomic mass is 9.89. The van der Waals surface area contributed by atoms with E-state index in [1.54, 1.807) is 30.3 Å². The molecule has 2 aromatic rings. The number of aromatic carboxylic acids is 1. The predicted octanol–water partition coefficient (Wildman–Crippen LogP) is 6.89. The number of hydrogen-bond acceptors (Lipinski definition) is 5. The van der Waals surface area contributed by atoms with Crippen LogP contribution in [0.25, 0.3) is 6.08 Å². The van der Waals surface area contributed by atoms with E-state index in [4.69, 9.17) is 33.0 Å². The van der Waals surface area contributed by atoms with Gasteiger partial charge in [-0.25, -0.2) is 4.79 Å². The number of benzene rings is 2. The minimum absolute atomic E-state index is 0.152. The molecule has 0 unspecified atom stereocenters. The van der Waals surface area contributed by atoms with Crippen LogP contribution in [0.4, 0.5) is 4.79 Å². The van der Waals surface area contributed by atoms with Gasteiger partial charge >= 0.3 is 5.97 Å². The van der Waals surface area contributed by atoms with Crippen molar-refractivity contribution in [3.8, 4) is 5.75 Å². The van der Waals surface area contributed by atoms with Crippen LogP contribution in [0.1, 0.15) is 53.6 Å². The molecule has 1 saturated heterocycles. The zero-order valence-corrected chi connectivity index (χ0v) is 20.6. The largest absolute Gasteiger partial charge is 0.486 e. The van der Waals surface area contributed by atoms with Gasteiger partial charge in [0, 0.05) is 6.54 Å². The van der Waals surface area contributed by atoms with E-state index in [0.29, 0.717) is 22.9 Å². The topological polar surface area (TPSA) is 83.9 Å². The van der Waals surface area contributed by atoms with Gasteiger partial charge in [0.1, 0.15) is 6.61 Å². The zero-order valence-electron chi connectivity index (χ0n) is 18.3. The van der Waals surface area contributed by atoms with Gasteiger partial charge in [-0.2, -0.15) is 0 Å². The summed E-state index contributed by atoms with van der Waals surface area (Å²) < 4.78 is 5.75. The van der Waals surface area contributed by atoms with Crippen molar-refractivity contribution < 1.29 is 24.2 Å². The molecule has 34 heavy (non-hydrogen) atoms. The number of carbonyl (C=O) groups excluding carboxylic acids is 2. The molecule has 0 spiro atoms. The molecule has 1 heterocycles. The Morgan fingerprint density at radius 1 is 1.09 bits per heavy atom. The van der Waals surface area contributed by atoms with Gasteiger partial charge in [-0.1, -0.05) is 54.6 Å². The second kappa shape index (κ2) is 10.8. The van der Waals surface area contributed by atoms with Gasteiger partial charge in [0.15, 0.2) is 5.75 Å². The zero-order chi connectivity index (χ0) is 24.2. The molecule has 178 valence electrons. The highest BCUT2D eigenvalue weighted by atomic mass is 35.5. The molecular weight excluding hydrogens is 497 g/mol. The predicted molar refractivity (Wildman–Crippen MR) is 133 cm³/mol. The maximum absolute atomic E-state index is 12.8. The Balaban J connectivity index is 1.44. The second-order valence-corrected chi connectivity index (χ2v) is 10.2. The molecule has 9 heteroatoms. The first-order chi connectivity index (χ1) is 16.3. The second-order valence-electron chi connectivity index (χ2n) is 8.40. The minimum atomic E-state index is -0.999. The Morgan fingerprint density at radius 2 is 1.74 bits per heavy atom. The molecule has 1 N–H and O–H groups in total. The van der Waals surface area contributed by atoms with Crippen LogP contribution in [0.2, 0.25) is 10.0 Å². The maximum atomic E-state index is 12.8. The third-order valence-corrected chi connectivity index (χ3v) is 7.41. The molecule has 0 bridgehead atoms. The van der Waals surface area contributed by atoms with Gasteiger partial charge in [0.25, 0.3) is 11.1 Å². The summed E-state index contributed by atoms with van der Waals surface area (Å²) in [5.74, 6) is -0.616. The smallest absolute Gasteiger partial charge is 0.335 e. The molecule has 1 saturated carbocycles. The number of carbonyl (C=O) groups is 3. The van der Waals surface area contributed by atoms with Gasteiger partial charge in [0.2, 0.25) is 0 Å². The van der Waals surface area contributed by atoms with Crippen LogP contribution in [-0.4, -0.2) is 33.7 Å². The molecule has 0 aromatic heterocycles. The monoisotopic (exact) mass is 519 g/mol. The van der Waals surface area contributed by atoms with Crippen molar-refractivity contribution in [1.29, 1.82) is 0 Å². The Labute approximate surface area is 211 Å². The minimum Gasteiger partial charge on any atom is -0.486 e. The summed E-state index contributed by atoms with van der Waals surface area (Å²) >= 11 is 13.7. The van der Waals surface area contributed by atoms with Gasteiger partial charge < -0.3 is 9.84 Å². The quantitative estimate of drug-likeness (QED) is 0.401. The lowest BCUT2D eigenvalue weighted by Crippen LogP contribution is -2.34. The number of rotatable bonds is 7. The van der Waals surface area contributed by atoms with Crippen LogP contribution in [0.3, 0.4) is 0 Å². The Hall–Kier alpha value is -2.48. The van der Waals surface area contributed by atoms with E-state index < -0.39 is 5.97 Å². The molecule has 1 aliphatic carbocycles. The summed E-state index contributed by atoms with van der Waals surface area (Å²) in [4.78, 5) is 38.0. The third-order valence-electron chi connectivity index (χ3n) is 5.94.